The largest absolute Gasteiger partial charge is 0.317 e. The molecular formula is C19H38N2. The molecule has 0 radical (unpaired) electrons. The number of hydrogen-bond donors (Lipinski definition) is 1. The Kier molecular flexibility index (Phi) is 6.14. The zero-order valence-corrected chi connectivity index (χ0v) is 15.2. The molecule has 1 saturated heterocycles. The maximum Gasteiger partial charge on any atom is 0.0105 e. The molecule has 0 aromatic rings. The molecule has 124 valence electrons. The van der Waals surface area contributed by atoms with E-state index < -0.39 is 0 Å². The van der Waals surface area contributed by atoms with Gasteiger partial charge < -0.3 is 5.32 Å². The van der Waals surface area contributed by atoms with Gasteiger partial charge in [-0.25, -0.2) is 0 Å². The zero-order valence-electron chi connectivity index (χ0n) is 15.2. The van der Waals surface area contributed by atoms with Gasteiger partial charge in [0.1, 0.15) is 0 Å². The van der Waals surface area contributed by atoms with Gasteiger partial charge in [0.25, 0.3) is 0 Å². The summed E-state index contributed by atoms with van der Waals surface area (Å²) in [6, 6.07) is 1.50. The Balaban J connectivity index is 2.00. The first-order valence-electron chi connectivity index (χ1n) is 9.33. The predicted molar refractivity (Wildman–Crippen MR) is 92.5 cm³/mol. The number of nitrogens with zero attached hydrogens (tertiary/aromatic N) is 1. The molecule has 0 spiro atoms. The van der Waals surface area contributed by atoms with Crippen LogP contribution in [0.4, 0.5) is 0 Å². The highest BCUT2D eigenvalue weighted by molar-refractivity contribution is 4.90. The first-order valence-corrected chi connectivity index (χ1v) is 9.33. The van der Waals surface area contributed by atoms with Crippen LogP contribution in [0.25, 0.3) is 0 Å². The van der Waals surface area contributed by atoms with Gasteiger partial charge in [0.05, 0.1) is 0 Å². The van der Waals surface area contributed by atoms with Crippen LogP contribution < -0.4 is 5.32 Å². The lowest BCUT2D eigenvalue weighted by Crippen LogP contribution is -2.51. The molecule has 1 aliphatic heterocycles. The molecule has 0 aromatic carbocycles. The van der Waals surface area contributed by atoms with Crippen LogP contribution in [0, 0.1) is 29.6 Å². The van der Waals surface area contributed by atoms with Crippen molar-refractivity contribution in [3.63, 3.8) is 0 Å². The molecule has 2 rings (SSSR count). The van der Waals surface area contributed by atoms with Crippen LogP contribution >= 0.6 is 0 Å². The highest BCUT2D eigenvalue weighted by atomic mass is 15.2. The van der Waals surface area contributed by atoms with Gasteiger partial charge in [0.2, 0.25) is 0 Å². The maximum absolute atomic E-state index is 3.61. The van der Waals surface area contributed by atoms with Crippen molar-refractivity contribution in [2.24, 2.45) is 29.6 Å². The van der Waals surface area contributed by atoms with Crippen molar-refractivity contribution in [3.05, 3.63) is 0 Å². The number of rotatable bonds is 4. The van der Waals surface area contributed by atoms with Crippen molar-refractivity contribution in [3.8, 4) is 0 Å². The van der Waals surface area contributed by atoms with Gasteiger partial charge in [-0.15, -0.1) is 0 Å². The van der Waals surface area contributed by atoms with E-state index in [1.165, 1.54) is 38.8 Å². The number of likely N-dealkylation sites (tertiary alicyclic amines) is 1. The Morgan fingerprint density at radius 1 is 1.10 bits per heavy atom. The van der Waals surface area contributed by atoms with Gasteiger partial charge in [-0.05, 0) is 69.2 Å². The Bertz CT molecular complexity index is 315. The van der Waals surface area contributed by atoms with Crippen molar-refractivity contribution < 1.29 is 0 Å². The van der Waals surface area contributed by atoms with Crippen LogP contribution in [0.1, 0.15) is 60.3 Å². The van der Waals surface area contributed by atoms with Crippen molar-refractivity contribution in [1.29, 1.82) is 0 Å². The van der Waals surface area contributed by atoms with Crippen LogP contribution in [0.2, 0.25) is 0 Å². The molecule has 21 heavy (non-hydrogen) atoms. The van der Waals surface area contributed by atoms with E-state index in [0.717, 1.165) is 41.7 Å². The monoisotopic (exact) mass is 294 g/mol. The standard InChI is InChI=1S/C19H38N2/c1-13(2)17-7-8-19(20-6)18(10-17)12-21-11-14(3)9-15(4)16(21)5/h13-20H,7-12H2,1-6H3. The van der Waals surface area contributed by atoms with E-state index in [0.29, 0.717) is 0 Å². The minimum Gasteiger partial charge on any atom is -0.317 e. The van der Waals surface area contributed by atoms with Crippen LogP contribution in [0.5, 0.6) is 0 Å². The normalized spacial score (nSPS) is 42.4. The second-order valence-electron chi connectivity index (χ2n) is 8.49. The van der Waals surface area contributed by atoms with Crippen molar-refractivity contribution in [2.45, 2.75) is 72.4 Å². The quantitative estimate of drug-likeness (QED) is 0.842. The Hall–Kier alpha value is -0.0800. The van der Waals surface area contributed by atoms with Gasteiger partial charge in [0, 0.05) is 25.2 Å². The third kappa shape index (κ3) is 4.22. The summed E-state index contributed by atoms with van der Waals surface area (Å²) in [5.74, 6) is 4.35. The highest BCUT2D eigenvalue weighted by Gasteiger charge is 2.35. The third-order valence-corrected chi connectivity index (χ3v) is 6.53. The van der Waals surface area contributed by atoms with E-state index in [4.69, 9.17) is 0 Å². The van der Waals surface area contributed by atoms with E-state index in [2.05, 4.69) is 51.9 Å². The highest BCUT2D eigenvalue weighted by Crippen LogP contribution is 2.36. The van der Waals surface area contributed by atoms with Crippen LogP contribution in [0.15, 0.2) is 0 Å². The van der Waals surface area contributed by atoms with Crippen LogP contribution in [-0.2, 0) is 0 Å². The summed E-state index contributed by atoms with van der Waals surface area (Å²) >= 11 is 0. The van der Waals surface area contributed by atoms with Gasteiger partial charge in [-0.1, -0.05) is 27.7 Å². The number of hydrogen-bond acceptors (Lipinski definition) is 2. The topological polar surface area (TPSA) is 15.3 Å². The summed E-state index contributed by atoms with van der Waals surface area (Å²) in [6.45, 7) is 14.8. The van der Waals surface area contributed by atoms with E-state index in [9.17, 15) is 0 Å². The van der Waals surface area contributed by atoms with E-state index >= 15 is 0 Å². The molecule has 0 aromatic heterocycles. The summed E-state index contributed by atoms with van der Waals surface area (Å²) < 4.78 is 0. The average Bonchev–Trinajstić information content (AvgIpc) is 2.44. The van der Waals surface area contributed by atoms with Crippen LogP contribution in [-0.4, -0.2) is 37.1 Å². The van der Waals surface area contributed by atoms with E-state index in [1.807, 2.05) is 0 Å². The maximum atomic E-state index is 3.61. The van der Waals surface area contributed by atoms with E-state index in [1.54, 1.807) is 0 Å². The molecule has 2 heteroatoms. The average molecular weight is 295 g/mol. The fourth-order valence-electron chi connectivity index (χ4n) is 4.86. The molecule has 6 atom stereocenters. The summed E-state index contributed by atoms with van der Waals surface area (Å²) in [4.78, 5) is 2.80. The summed E-state index contributed by atoms with van der Waals surface area (Å²) in [5, 5.41) is 3.61. The molecular weight excluding hydrogens is 256 g/mol. The minimum atomic E-state index is 0.736. The van der Waals surface area contributed by atoms with Crippen molar-refractivity contribution in [2.75, 3.05) is 20.1 Å². The van der Waals surface area contributed by atoms with Crippen LogP contribution in [0.3, 0.4) is 0 Å². The first-order chi connectivity index (χ1) is 9.92. The third-order valence-electron chi connectivity index (χ3n) is 6.53. The smallest absolute Gasteiger partial charge is 0.0105 e. The molecule has 0 amide bonds. The number of nitrogens with one attached hydrogen (secondary N) is 1. The van der Waals surface area contributed by atoms with Crippen molar-refractivity contribution >= 4 is 0 Å². The van der Waals surface area contributed by atoms with E-state index in [-0.39, 0.29) is 0 Å². The Morgan fingerprint density at radius 3 is 2.43 bits per heavy atom. The molecule has 6 unspecified atom stereocenters. The predicted octanol–water partition coefficient (Wildman–Crippen LogP) is 4.01. The van der Waals surface area contributed by atoms with Gasteiger partial charge >= 0.3 is 0 Å². The fourth-order valence-corrected chi connectivity index (χ4v) is 4.86. The summed E-state index contributed by atoms with van der Waals surface area (Å²) in [5.41, 5.74) is 0. The SMILES string of the molecule is CNC1CCC(C(C)C)CC1CN1CC(C)CC(C)C1C. The van der Waals surface area contributed by atoms with Gasteiger partial charge in [-0.3, -0.25) is 4.90 Å². The Morgan fingerprint density at radius 2 is 1.81 bits per heavy atom. The van der Waals surface area contributed by atoms with Crippen molar-refractivity contribution in [1.82, 2.24) is 10.2 Å². The molecule has 2 aliphatic rings. The molecule has 2 fully saturated rings. The first kappa shape index (κ1) is 17.3. The molecule has 0 bridgehead atoms. The molecule has 1 saturated carbocycles. The lowest BCUT2D eigenvalue weighted by Gasteiger charge is -2.46. The summed E-state index contributed by atoms with van der Waals surface area (Å²) in [7, 11) is 2.16. The number of piperidine rings is 1. The molecule has 1 N–H and O–H groups in total. The van der Waals surface area contributed by atoms with Gasteiger partial charge in [-0.2, -0.15) is 0 Å². The fraction of sp³-hybridized carbons (Fsp3) is 1.00. The minimum absolute atomic E-state index is 0.736. The zero-order chi connectivity index (χ0) is 15.6. The molecule has 1 heterocycles. The molecule has 1 aliphatic carbocycles. The lowest BCUT2D eigenvalue weighted by atomic mass is 9.73. The summed E-state index contributed by atoms with van der Waals surface area (Å²) in [6.07, 6.45) is 5.63. The second-order valence-corrected chi connectivity index (χ2v) is 8.49. The molecule has 2 nitrogen and oxygen atoms in total. The second kappa shape index (κ2) is 7.46. The lowest BCUT2D eigenvalue weighted by molar-refractivity contribution is 0.0413. The Labute approximate surface area is 133 Å². The van der Waals surface area contributed by atoms with Gasteiger partial charge in [0.15, 0.2) is 0 Å².